The lowest BCUT2D eigenvalue weighted by Gasteiger charge is -2.34. The molecule has 0 aliphatic heterocycles. The number of carbonyl (C=O) groups is 1. The number of hydrogen-bond acceptors (Lipinski definition) is 1. The molecule has 1 aromatic carbocycles. The van der Waals surface area contributed by atoms with E-state index in [1.165, 1.54) is 22.0 Å². The Labute approximate surface area is 180 Å². The van der Waals surface area contributed by atoms with Crippen molar-refractivity contribution < 1.29 is 4.79 Å². The van der Waals surface area contributed by atoms with Crippen LogP contribution in [0.4, 0.5) is 0 Å². The maximum Gasteiger partial charge on any atom is 0.167 e. The van der Waals surface area contributed by atoms with Crippen LogP contribution in [0, 0.1) is 6.92 Å². The molecule has 0 saturated heterocycles. The molecule has 0 saturated carbocycles. The van der Waals surface area contributed by atoms with E-state index in [9.17, 15) is 4.79 Å². The molecule has 1 nitrogen and oxygen atoms in total. The van der Waals surface area contributed by atoms with E-state index in [0.29, 0.717) is 12.2 Å². The van der Waals surface area contributed by atoms with Crippen LogP contribution >= 0.6 is 7.53 Å². The predicted molar refractivity (Wildman–Crippen MR) is 131 cm³/mol. The van der Waals surface area contributed by atoms with Crippen molar-refractivity contribution in [3.05, 3.63) is 51.5 Å². The number of hydrogen-bond donors (Lipinski definition) is 0. The summed E-state index contributed by atoms with van der Waals surface area (Å²) in [5.74, 6) is 2.66. The molecule has 0 fully saturated rings. The van der Waals surface area contributed by atoms with Gasteiger partial charge < -0.3 is 0 Å². The molecule has 0 aliphatic carbocycles. The Kier molecular flexibility index (Phi) is 6.66. The second-order valence-electron chi connectivity index (χ2n) is 11.6. The van der Waals surface area contributed by atoms with Gasteiger partial charge in [-0.15, -0.1) is 0 Å². The van der Waals surface area contributed by atoms with Crippen molar-refractivity contribution in [1.82, 2.24) is 0 Å². The third-order valence-corrected chi connectivity index (χ3v) is 8.16. The van der Waals surface area contributed by atoms with Crippen molar-refractivity contribution in [2.45, 2.75) is 105 Å². The molecule has 0 N–H and O–H groups in total. The molecule has 0 spiro atoms. The molecule has 1 unspecified atom stereocenters. The summed E-state index contributed by atoms with van der Waals surface area (Å²) in [6.45, 7) is 24.9. The molecule has 2 heteroatoms. The van der Waals surface area contributed by atoms with E-state index < -0.39 is 7.53 Å². The van der Waals surface area contributed by atoms with E-state index in [1.807, 2.05) is 0 Å². The van der Waals surface area contributed by atoms with Gasteiger partial charge in [-0.2, -0.15) is 0 Å². The Morgan fingerprint density at radius 3 is 1.72 bits per heavy atom. The molecular formula is C27H41OP. The normalized spacial score (nSPS) is 13.7. The molecule has 2 rings (SSSR count). The van der Waals surface area contributed by atoms with Crippen LogP contribution in [0.5, 0.6) is 0 Å². The predicted octanol–water partition coefficient (Wildman–Crippen LogP) is 8.85. The molecular weight excluding hydrogens is 371 g/mol. The lowest BCUT2D eigenvalue weighted by atomic mass is 9.75. The van der Waals surface area contributed by atoms with Crippen LogP contribution in [-0.4, -0.2) is 5.78 Å². The number of aryl methyl sites for hydroxylation is 1. The molecule has 29 heavy (non-hydrogen) atoms. The van der Waals surface area contributed by atoms with Gasteiger partial charge in [-0.1, -0.05) is 95.0 Å². The first kappa shape index (κ1) is 23.9. The van der Waals surface area contributed by atoms with Gasteiger partial charge in [0.15, 0.2) is 5.78 Å². The van der Waals surface area contributed by atoms with Gasteiger partial charge in [0.05, 0.1) is 0 Å². The minimum Gasteiger partial charge on any atom is -0.294 e. The minimum atomic E-state index is -0.763. The highest BCUT2D eigenvalue weighted by molar-refractivity contribution is 7.58. The maximum atomic E-state index is 13.1. The Bertz CT molecular complexity index is 857. The molecule has 0 bridgehead atoms. The van der Waals surface area contributed by atoms with Gasteiger partial charge in [0.1, 0.15) is 0 Å². The highest BCUT2D eigenvalue weighted by Crippen LogP contribution is 2.55. The van der Waals surface area contributed by atoms with Crippen LogP contribution < -0.4 is 0 Å². The van der Waals surface area contributed by atoms with Crippen molar-refractivity contribution in [1.29, 1.82) is 0 Å². The molecule has 1 atom stereocenters. The first-order valence-electron chi connectivity index (χ1n) is 11.0. The lowest BCUT2D eigenvalue weighted by Crippen LogP contribution is -2.22. The number of benzene rings is 1. The molecule has 1 aromatic heterocycles. The molecule has 2 aromatic rings. The van der Waals surface area contributed by atoms with Crippen molar-refractivity contribution in [3.8, 4) is 5.30 Å². The Morgan fingerprint density at radius 2 is 1.34 bits per heavy atom. The second kappa shape index (κ2) is 8.07. The van der Waals surface area contributed by atoms with Gasteiger partial charge in [-0.05, 0) is 57.6 Å². The fourth-order valence-electron chi connectivity index (χ4n) is 3.89. The summed E-state index contributed by atoms with van der Waals surface area (Å²) in [6.07, 6.45) is 1.54. The lowest BCUT2D eigenvalue weighted by molar-refractivity contribution is 0.0985. The topological polar surface area (TPSA) is 17.1 Å². The zero-order valence-electron chi connectivity index (χ0n) is 20.6. The van der Waals surface area contributed by atoms with Crippen molar-refractivity contribution in [3.63, 3.8) is 0 Å². The van der Waals surface area contributed by atoms with Gasteiger partial charge in [0, 0.05) is 17.0 Å². The minimum absolute atomic E-state index is 0.0160. The van der Waals surface area contributed by atoms with Crippen LogP contribution in [0.3, 0.4) is 0 Å². The van der Waals surface area contributed by atoms with E-state index in [4.69, 9.17) is 0 Å². The van der Waals surface area contributed by atoms with Crippen LogP contribution in [-0.2, 0) is 16.2 Å². The van der Waals surface area contributed by atoms with E-state index >= 15 is 0 Å². The van der Waals surface area contributed by atoms with Gasteiger partial charge in [0.2, 0.25) is 0 Å². The first-order valence-corrected chi connectivity index (χ1v) is 12.4. The first-order chi connectivity index (χ1) is 13.1. The number of Topliss-reactive ketones (excluding diaryl/α,β-unsaturated/α-hetero) is 1. The van der Waals surface area contributed by atoms with Crippen LogP contribution in [0.1, 0.15) is 114 Å². The summed E-state index contributed by atoms with van der Waals surface area (Å²) in [7, 11) is -0.763. The molecule has 1 heterocycles. The third-order valence-electron chi connectivity index (χ3n) is 5.66. The van der Waals surface area contributed by atoms with E-state index in [1.54, 1.807) is 0 Å². The summed E-state index contributed by atoms with van der Waals surface area (Å²) in [6, 6.07) is 7.04. The largest absolute Gasteiger partial charge is 0.294 e. The van der Waals surface area contributed by atoms with Crippen molar-refractivity contribution in [2.24, 2.45) is 0 Å². The Morgan fingerprint density at radius 1 is 0.862 bits per heavy atom. The van der Waals surface area contributed by atoms with E-state index in [0.717, 1.165) is 17.3 Å². The average Bonchev–Trinajstić information content (AvgIpc) is 2.92. The van der Waals surface area contributed by atoms with Crippen molar-refractivity contribution >= 4 is 13.3 Å². The van der Waals surface area contributed by atoms with Gasteiger partial charge in [-0.25, -0.2) is 0 Å². The summed E-state index contributed by atoms with van der Waals surface area (Å²) in [4.78, 5) is 13.1. The zero-order valence-corrected chi connectivity index (χ0v) is 21.5. The van der Waals surface area contributed by atoms with Crippen molar-refractivity contribution in [2.75, 3.05) is 0 Å². The summed E-state index contributed by atoms with van der Waals surface area (Å²) < 4.78 is 0. The molecule has 160 valence electrons. The SMILES string of the molecule is CCCC(=O)c1c(C)ccp1-c1c(C(C)(C)C)cc(C(C)(C)C)cc1C(C)(C)C. The summed E-state index contributed by atoms with van der Waals surface area (Å²) in [5, 5.41) is 2.49. The molecule has 0 aliphatic rings. The van der Waals surface area contributed by atoms with Gasteiger partial charge >= 0.3 is 0 Å². The highest BCUT2D eigenvalue weighted by Gasteiger charge is 2.31. The Hall–Kier alpha value is -1.33. The summed E-state index contributed by atoms with van der Waals surface area (Å²) >= 11 is 0. The number of carbonyl (C=O) groups excluding carboxylic acids is 1. The molecule has 0 radical (unpaired) electrons. The van der Waals surface area contributed by atoms with Gasteiger partial charge in [0.25, 0.3) is 0 Å². The maximum absolute atomic E-state index is 13.1. The van der Waals surface area contributed by atoms with Crippen LogP contribution in [0.25, 0.3) is 5.30 Å². The number of ketones is 1. The van der Waals surface area contributed by atoms with E-state index in [2.05, 4.69) is 100 Å². The van der Waals surface area contributed by atoms with Crippen LogP contribution in [0.15, 0.2) is 24.0 Å². The zero-order chi connectivity index (χ0) is 22.4. The van der Waals surface area contributed by atoms with Crippen LogP contribution in [0.2, 0.25) is 0 Å². The number of rotatable bonds is 4. The fourth-order valence-corrected chi connectivity index (χ4v) is 6.93. The van der Waals surface area contributed by atoms with E-state index in [-0.39, 0.29) is 16.2 Å². The highest BCUT2D eigenvalue weighted by atomic mass is 31.1. The summed E-state index contributed by atoms with van der Waals surface area (Å²) in [5.41, 5.74) is 5.48. The monoisotopic (exact) mass is 412 g/mol. The fraction of sp³-hybridized carbons (Fsp3) is 0.593. The molecule has 0 amide bonds. The quantitative estimate of drug-likeness (QED) is 0.458. The standard InChI is InChI=1S/C27H41OP/c1-12-13-22(28)23-18(2)14-15-29(23)24-20(26(6,7)8)16-19(25(3,4)5)17-21(24)27(9,10)11/h14-17H,12-13H2,1-11H3. The van der Waals surface area contributed by atoms with Gasteiger partial charge in [-0.3, -0.25) is 4.79 Å². The second-order valence-corrected chi connectivity index (χ2v) is 13.5. The smallest absolute Gasteiger partial charge is 0.167 e. The average molecular weight is 413 g/mol. The Balaban J connectivity index is 3.01. The third kappa shape index (κ3) is 5.05.